The molecule has 0 bridgehead atoms. The highest BCUT2D eigenvalue weighted by Gasteiger charge is 2.45. The van der Waals surface area contributed by atoms with Gasteiger partial charge >= 0.3 is 0 Å². The summed E-state index contributed by atoms with van der Waals surface area (Å²) in [5.74, 6) is 0.0655. The maximum Gasteiger partial charge on any atom is 0.251 e. The Hall–Kier alpha value is -2.96. The van der Waals surface area contributed by atoms with Crippen molar-refractivity contribution >= 4 is 40.0 Å². The van der Waals surface area contributed by atoms with E-state index >= 15 is 0 Å². The third-order valence-electron chi connectivity index (χ3n) is 8.04. The van der Waals surface area contributed by atoms with E-state index in [9.17, 15) is 9.59 Å². The quantitative estimate of drug-likeness (QED) is 0.471. The van der Waals surface area contributed by atoms with E-state index in [0.29, 0.717) is 35.6 Å². The normalized spacial score (nSPS) is 21.3. The first-order valence-electron chi connectivity index (χ1n) is 13.0. The van der Waals surface area contributed by atoms with Crippen LogP contribution in [0.2, 0.25) is 5.15 Å². The van der Waals surface area contributed by atoms with Crippen LogP contribution in [0.5, 0.6) is 0 Å². The SMILES string of the molecule is O=C(NCC1CC(=O)N(c2ccc(C3(CN4CCCC4)CC3)cc2)C1)c1ccc2nc(Cl)ccc2c1. The van der Waals surface area contributed by atoms with Crippen LogP contribution in [0, 0.1) is 5.92 Å². The molecule has 1 saturated carbocycles. The van der Waals surface area contributed by atoms with Crippen LogP contribution in [0.25, 0.3) is 10.9 Å². The average Bonchev–Trinajstić information content (AvgIpc) is 3.29. The summed E-state index contributed by atoms with van der Waals surface area (Å²) in [6.45, 7) is 4.71. The van der Waals surface area contributed by atoms with Gasteiger partial charge in [0.1, 0.15) is 5.15 Å². The van der Waals surface area contributed by atoms with E-state index in [-0.39, 0.29) is 17.7 Å². The number of likely N-dealkylation sites (tertiary alicyclic amines) is 1. The Kier molecular flexibility index (Phi) is 6.18. The molecule has 1 atom stereocenters. The van der Waals surface area contributed by atoms with Gasteiger partial charge in [0, 0.05) is 54.0 Å². The maximum atomic E-state index is 12.8. The molecule has 3 fully saturated rings. The number of carbonyl (C=O) groups is 2. The van der Waals surface area contributed by atoms with Crippen LogP contribution in [0.3, 0.4) is 0 Å². The van der Waals surface area contributed by atoms with Crippen LogP contribution in [-0.4, -0.2) is 54.4 Å². The molecule has 186 valence electrons. The Morgan fingerprint density at radius 1 is 1.06 bits per heavy atom. The summed E-state index contributed by atoms with van der Waals surface area (Å²) < 4.78 is 0. The van der Waals surface area contributed by atoms with Crippen molar-refractivity contribution in [3.63, 3.8) is 0 Å². The van der Waals surface area contributed by atoms with E-state index in [1.165, 1.54) is 44.3 Å². The minimum Gasteiger partial charge on any atom is -0.352 e. The number of pyridine rings is 1. The maximum absolute atomic E-state index is 12.8. The van der Waals surface area contributed by atoms with Crippen molar-refractivity contribution in [2.45, 2.75) is 37.5 Å². The number of nitrogens with one attached hydrogen (secondary N) is 1. The van der Waals surface area contributed by atoms with Gasteiger partial charge < -0.3 is 15.1 Å². The molecule has 2 aromatic carbocycles. The van der Waals surface area contributed by atoms with Crippen molar-refractivity contribution in [3.05, 3.63) is 70.9 Å². The molecule has 0 radical (unpaired) electrons. The monoisotopic (exact) mass is 502 g/mol. The molecule has 2 saturated heterocycles. The largest absolute Gasteiger partial charge is 0.352 e. The molecule has 3 aromatic rings. The first kappa shape index (κ1) is 23.4. The van der Waals surface area contributed by atoms with Crippen molar-refractivity contribution in [2.24, 2.45) is 5.92 Å². The van der Waals surface area contributed by atoms with Gasteiger partial charge in [0.25, 0.3) is 5.91 Å². The van der Waals surface area contributed by atoms with E-state index in [4.69, 9.17) is 11.6 Å². The van der Waals surface area contributed by atoms with Crippen molar-refractivity contribution in [1.82, 2.24) is 15.2 Å². The summed E-state index contributed by atoms with van der Waals surface area (Å²) in [6.07, 6.45) is 5.61. The summed E-state index contributed by atoms with van der Waals surface area (Å²) in [5.41, 5.74) is 4.00. The highest BCUT2D eigenvalue weighted by Crippen LogP contribution is 2.49. The standard InChI is InChI=1S/C29H31ClN4O2/c30-26-10-4-21-16-22(3-9-25(21)32-26)28(36)31-17-20-15-27(35)34(18-20)24-7-5-23(6-8-24)29(11-12-29)19-33-13-1-2-14-33/h3-10,16,20H,1-2,11-15,17-19H2,(H,31,36). The number of anilines is 1. The van der Waals surface area contributed by atoms with Crippen LogP contribution in [-0.2, 0) is 10.2 Å². The van der Waals surface area contributed by atoms with Crippen molar-refractivity contribution < 1.29 is 9.59 Å². The van der Waals surface area contributed by atoms with Crippen molar-refractivity contribution in [2.75, 3.05) is 37.6 Å². The van der Waals surface area contributed by atoms with Gasteiger partial charge in [-0.25, -0.2) is 4.98 Å². The number of hydrogen-bond acceptors (Lipinski definition) is 4. The van der Waals surface area contributed by atoms with Gasteiger partial charge in [-0.15, -0.1) is 0 Å². The molecular formula is C29H31ClN4O2. The van der Waals surface area contributed by atoms with E-state index in [1.54, 1.807) is 18.2 Å². The predicted octanol–water partition coefficient (Wildman–Crippen LogP) is 4.80. The number of fused-ring (bicyclic) bond motifs is 1. The van der Waals surface area contributed by atoms with Gasteiger partial charge in [-0.1, -0.05) is 23.7 Å². The Morgan fingerprint density at radius 3 is 2.58 bits per heavy atom. The van der Waals surface area contributed by atoms with E-state index in [1.807, 2.05) is 17.0 Å². The number of rotatable bonds is 7. The molecule has 1 aliphatic carbocycles. The lowest BCUT2D eigenvalue weighted by molar-refractivity contribution is -0.117. The minimum atomic E-state index is -0.144. The molecule has 36 heavy (non-hydrogen) atoms. The highest BCUT2D eigenvalue weighted by molar-refractivity contribution is 6.29. The van der Waals surface area contributed by atoms with E-state index in [2.05, 4.69) is 39.5 Å². The predicted molar refractivity (Wildman–Crippen MR) is 143 cm³/mol. The Balaban J connectivity index is 1.06. The van der Waals surface area contributed by atoms with Gasteiger partial charge in [0.05, 0.1) is 5.52 Å². The van der Waals surface area contributed by atoms with Gasteiger partial charge in [-0.05, 0) is 86.8 Å². The zero-order chi connectivity index (χ0) is 24.7. The third-order valence-corrected chi connectivity index (χ3v) is 8.25. The number of aromatic nitrogens is 1. The lowest BCUT2D eigenvalue weighted by Crippen LogP contribution is -2.31. The summed E-state index contributed by atoms with van der Waals surface area (Å²) >= 11 is 5.95. The molecule has 2 aliphatic heterocycles. The zero-order valence-corrected chi connectivity index (χ0v) is 21.1. The molecule has 1 aromatic heterocycles. The first-order valence-corrected chi connectivity index (χ1v) is 13.3. The molecule has 3 aliphatic rings. The third kappa shape index (κ3) is 4.72. The number of nitrogens with zero attached hydrogens (tertiary/aromatic N) is 3. The molecule has 6 rings (SSSR count). The van der Waals surface area contributed by atoms with Crippen molar-refractivity contribution in [1.29, 1.82) is 0 Å². The number of carbonyl (C=O) groups excluding carboxylic acids is 2. The van der Waals surface area contributed by atoms with Crippen LogP contribution < -0.4 is 10.2 Å². The van der Waals surface area contributed by atoms with Crippen molar-refractivity contribution in [3.8, 4) is 0 Å². The smallest absolute Gasteiger partial charge is 0.251 e. The number of halogens is 1. The fourth-order valence-corrected chi connectivity index (χ4v) is 5.96. The second kappa shape index (κ2) is 9.49. The van der Waals surface area contributed by atoms with Gasteiger partial charge in [0.2, 0.25) is 5.91 Å². The lowest BCUT2D eigenvalue weighted by atomic mass is 9.95. The lowest BCUT2D eigenvalue weighted by Gasteiger charge is -2.24. The van der Waals surface area contributed by atoms with Crippen LogP contribution in [0.4, 0.5) is 5.69 Å². The molecular weight excluding hydrogens is 472 g/mol. The number of amides is 2. The molecule has 2 amide bonds. The van der Waals surface area contributed by atoms with Gasteiger partial charge in [-0.2, -0.15) is 0 Å². The second-order valence-electron chi connectivity index (χ2n) is 10.6. The van der Waals surface area contributed by atoms with Gasteiger partial charge in [-0.3, -0.25) is 9.59 Å². The topological polar surface area (TPSA) is 65.5 Å². The molecule has 7 heteroatoms. The molecule has 3 heterocycles. The molecule has 6 nitrogen and oxygen atoms in total. The summed E-state index contributed by atoms with van der Waals surface area (Å²) in [7, 11) is 0. The Labute approximate surface area is 216 Å². The van der Waals surface area contributed by atoms with E-state index < -0.39 is 0 Å². The summed E-state index contributed by atoms with van der Waals surface area (Å²) in [6, 6.07) is 17.6. The molecule has 0 spiro atoms. The average molecular weight is 503 g/mol. The number of hydrogen-bond donors (Lipinski definition) is 1. The zero-order valence-electron chi connectivity index (χ0n) is 20.4. The summed E-state index contributed by atoms with van der Waals surface area (Å²) in [4.78, 5) is 34.3. The molecule has 1 N–H and O–H groups in total. The summed E-state index contributed by atoms with van der Waals surface area (Å²) in [5, 5.41) is 4.31. The van der Waals surface area contributed by atoms with Gasteiger partial charge in [0.15, 0.2) is 0 Å². The Bertz CT molecular complexity index is 1300. The van der Waals surface area contributed by atoms with Crippen LogP contribution >= 0.6 is 11.6 Å². The van der Waals surface area contributed by atoms with E-state index in [0.717, 1.165) is 23.1 Å². The minimum absolute atomic E-state index is 0.0898. The Morgan fingerprint density at radius 2 is 1.83 bits per heavy atom. The molecule has 1 unspecified atom stereocenters. The highest BCUT2D eigenvalue weighted by atomic mass is 35.5. The van der Waals surface area contributed by atoms with Crippen LogP contribution in [0.1, 0.15) is 48.0 Å². The first-order chi connectivity index (χ1) is 17.5. The fraction of sp³-hybridized carbons (Fsp3) is 0.414. The second-order valence-corrected chi connectivity index (χ2v) is 11.0. The number of benzene rings is 2. The fourth-order valence-electron chi connectivity index (χ4n) is 5.80. The van der Waals surface area contributed by atoms with Crippen LogP contribution in [0.15, 0.2) is 54.6 Å².